The predicted octanol–water partition coefficient (Wildman–Crippen LogP) is 5.37. The van der Waals surface area contributed by atoms with Gasteiger partial charge >= 0.3 is 0 Å². The van der Waals surface area contributed by atoms with Crippen molar-refractivity contribution >= 4 is 6.08 Å². The second kappa shape index (κ2) is 7.67. The number of aromatic nitrogens is 2. The van der Waals surface area contributed by atoms with Gasteiger partial charge in [0.1, 0.15) is 0 Å². The molecule has 3 nitrogen and oxygen atoms in total. The van der Waals surface area contributed by atoms with Gasteiger partial charge in [0.2, 0.25) is 0 Å². The molecular weight excluding hydrogens is 344 g/mol. The van der Waals surface area contributed by atoms with E-state index in [1.54, 1.807) is 0 Å². The number of fused-ring (bicyclic) bond motifs is 1. The van der Waals surface area contributed by atoms with Crippen LogP contribution in [0.1, 0.15) is 59.7 Å². The molecule has 2 aromatic carbocycles. The summed E-state index contributed by atoms with van der Waals surface area (Å²) in [7, 11) is 0. The first-order valence-corrected chi connectivity index (χ1v) is 10.1. The molecule has 0 radical (unpaired) electrons. The Bertz CT molecular complexity index is 1030. The normalized spacial score (nSPS) is 16.1. The van der Waals surface area contributed by atoms with E-state index < -0.39 is 0 Å². The highest BCUT2D eigenvalue weighted by molar-refractivity contribution is 5.60. The fraction of sp³-hybridized carbons (Fsp3) is 0.320. The van der Waals surface area contributed by atoms with Gasteiger partial charge in [-0.25, -0.2) is 0 Å². The summed E-state index contributed by atoms with van der Waals surface area (Å²) in [5.41, 5.74) is 8.29. The number of benzene rings is 2. The van der Waals surface area contributed by atoms with Crippen LogP contribution in [0, 0.1) is 12.8 Å². The molecule has 0 aliphatic heterocycles. The van der Waals surface area contributed by atoms with E-state index in [0.29, 0.717) is 5.92 Å². The summed E-state index contributed by atoms with van der Waals surface area (Å²) < 4.78 is 0. The standard InChI is InChI=1S/C25H28N2O/c1-16(2)12-18-6-8-19(9-7-18)13-20-14-22(21-10-4-17(3)5-11-21)24-23(15-20)26-27-25(24)28/h4-11,15-16,22H,12-14H2,1-3H3,(H2,26,27,28). The molecule has 3 aromatic rings. The lowest BCUT2D eigenvalue weighted by Gasteiger charge is -2.23. The molecule has 28 heavy (non-hydrogen) atoms. The van der Waals surface area contributed by atoms with Crippen molar-refractivity contribution in [2.75, 3.05) is 0 Å². The summed E-state index contributed by atoms with van der Waals surface area (Å²) in [5, 5.41) is 5.84. The number of nitrogens with one attached hydrogen (secondary N) is 2. The molecule has 1 aromatic heterocycles. The van der Waals surface area contributed by atoms with Crippen LogP contribution in [0.25, 0.3) is 6.08 Å². The molecule has 1 heterocycles. The minimum absolute atomic E-state index is 0.00564. The lowest BCUT2D eigenvalue weighted by atomic mass is 9.80. The van der Waals surface area contributed by atoms with Gasteiger partial charge in [-0.05, 0) is 54.9 Å². The van der Waals surface area contributed by atoms with E-state index >= 15 is 0 Å². The number of hydrogen-bond acceptors (Lipinski definition) is 1. The highest BCUT2D eigenvalue weighted by Crippen LogP contribution is 2.37. The van der Waals surface area contributed by atoms with Gasteiger partial charge in [-0.3, -0.25) is 15.0 Å². The first-order chi connectivity index (χ1) is 13.5. The molecule has 0 saturated heterocycles. The Morgan fingerprint density at radius 3 is 2.32 bits per heavy atom. The van der Waals surface area contributed by atoms with Crippen LogP contribution in [0.4, 0.5) is 0 Å². The second-order valence-electron chi connectivity index (χ2n) is 8.47. The average Bonchev–Trinajstić information content (AvgIpc) is 3.04. The topological polar surface area (TPSA) is 48.6 Å². The third kappa shape index (κ3) is 3.89. The first kappa shape index (κ1) is 18.5. The minimum Gasteiger partial charge on any atom is -0.298 e. The lowest BCUT2D eigenvalue weighted by Crippen LogP contribution is -2.17. The van der Waals surface area contributed by atoms with Crippen molar-refractivity contribution < 1.29 is 0 Å². The van der Waals surface area contributed by atoms with Crippen molar-refractivity contribution in [2.24, 2.45) is 5.92 Å². The Hall–Kier alpha value is -2.81. The third-order valence-electron chi connectivity index (χ3n) is 5.59. The molecule has 1 atom stereocenters. The van der Waals surface area contributed by atoms with Crippen molar-refractivity contribution in [1.29, 1.82) is 0 Å². The van der Waals surface area contributed by atoms with Crippen LogP contribution in [0.2, 0.25) is 0 Å². The third-order valence-corrected chi connectivity index (χ3v) is 5.59. The van der Waals surface area contributed by atoms with Gasteiger partial charge in [-0.1, -0.05) is 73.5 Å². The molecule has 3 heteroatoms. The van der Waals surface area contributed by atoms with E-state index in [1.807, 2.05) is 0 Å². The Morgan fingerprint density at radius 2 is 1.64 bits per heavy atom. The molecular formula is C25H28N2O. The maximum absolute atomic E-state index is 12.4. The fourth-order valence-corrected chi connectivity index (χ4v) is 4.20. The number of hydrogen-bond donors (Lipinski definition) is 2. The van der Waals surface area contributed by atoms with Crippen molar-refractivity contribution in [3.63, 3.8) is 0 Å². The molecule has 144 valence electrons. The summed E-state index contributed by atoms with van der Waals surface area (Å²) in [4.78, 5) is 12.4. The smallest absolute Gasteiger partial charge is 0.268 e. The molecule has 0 fully saturated rings. The number of allylic oxidation sites excluding steroid dienone is 1. The van der Waals surface area contributed by atoms with Gasteiger partial charge in [0.25, 0.3) is 5.56 Å². The average molecular weight is 373 g/mol. The van der Waals surface area contributed by atoms with Crippen molar-refractivity contribution in [3.8, 4) is 0 Å². The molecule has 0 bridgehead atoms. The Balaban J connectivity index is 1.61. The van der Waals surface area contributed by atoms with Gasteiger partial charge in [0, 0.05) is 5.92 Å². The molecule has 0 amide bonds. The molecule has 2 N–H and O–H groups in total. The van der Waals surface area contributed by atoms with Crippen LogP contribution in [0.15, 0.2) is 58.9 Å². The molecule has 1 unspecified atom stereocenters. The highest BCUT2D eigenvalue weighted by atomic mass is 16.1. The van der Waals surface area contributed by atoms with Crippen LogP contribution in [-0.4, -0.2) is 10.2 Å². The van der Waals surface area contributed by atoms with Gasteiger partial charge in [0.15, 0.2) is 0 Å². The summed E-state index contributed by atoms with van der Waals surface area (Å²) in [6, 6.07) is 17.5. The fourth-order valence-electron chi connectivity index (χ4n) is 4.20. The Labute approximate surface area is 166 Å². The zero-order valence-electron chi connectivity index (χ0n) is 16.9. The van der Waals surface area contributed by atoms with Crippen LogP contribution in [0.5, 0.6) is 0 Å². The summed E-state index contributed by atoms with van der Waals surface area (Å²) in [5.74, 6) is 0.775. The molecule has 0 spiro atoms. The number of rotatable bonds is 5. The van der Waals surface area contributed by atoms with Crippen molar-refractivity contribution in [1.82, 2.24) is 10.2 Å². The van der Waals surface area contributed by atoms with Crippen LogP contribution < -0.4 is 5.56 Å². The van der Waals surface area contributed by atoms with Gasteiger partial charge in [0.05, 0.1) is 11.3 Å². The molecule has 1 aliphatic carbocycles. The van der Waals surface area contributed by atoms with Crippen molar-refractivity contribution in [3.05, 3.63) is 98.0 Å². The zero-order chi connectivity index (χ0) is 19.7. The van der Waals surface area contributed by atoms with Crippen LogP contribution >= 0.6 is 0 Å². The van der Waals surface area contributed by atoms with E-state index in [4.69, 9.17) is 0 Å². The number of aromatic amines is 2. The summed E-state index contributed by atoms with van der Waals surface area (Å²) in [6.45, 7) is 6.59. The van der Waals surface area contributed by atoms with Gasteiger partial charge in [-0.2, -0.15) is 0 Å². The molecule has 4 rings (SSSR count). The maximum Gasteiger partial charge on any atom is 0.268 e. The van der Waals surface area contributed by atoms with Crippen LogP contribution in [-0.2, 0) is 12.8 Å². The SMILES string of the molecule is Cc1ccc(C2CC(Cc3ccc(CC(C)C)cc3)=Cc3[nH][nH]c(=O)c32)cc1. The summed E-state index contributed by atoms with van der Waals surface area (Å²) in [6.07, 6.45) is 5.06. The van der Waals surface area contributed by atoms with E-state index in [9.17, 15) is 4.79 Å². The molecule has 0 saturated carbocycles. The largest absolute Gasteiger partial charge is 0.298 e. The van der Waals surface area contributed by atoms with E-state index in [0.717, 1.165) is 30.5 Å². The van der Waals surface area contributed by atoms with Crippen molar-refractivity contribution in [2.45, 2.75) is 46.0 Å². The number of aryl methyl sites for hydroxylation is 1. The highest BCUT2D eigenvalue weighted by Gasteiger charge is 2.27. The van der Waals surface area contributed by atoms with Crippen LogP contribution in [0.3, 0.4) is 0 Å². The predicted molar refractivity (Wildman–Crippen MR) is 116 cm³/mol. The Kier molecular flexibility index (Phi) is 5.08. The van der Waals surface area contributed by atoms with Gasteiger partial charge in [-0.15, -0.1) is 0 Å². The number of H-pyrrole nitrogens is 2. The van der Waals surface area contributed by atoms with Gasteiger partial charge < -0.3 is 0 Å². The van der Waals surface area contributed by atoms with E-state index in [1.165, 1.54) is 27.8 Å². The zero-order valence-corrected chi connectivity index (χ0v) is 16.9. The van der Waals surface area contributed by atoms with E-state index in [-0.39, 0.29) is 11.5 Å². The Morgan fingerprint density at radius 1 is 0.964 bits per heavy atom. The van der Waals surface area contributed by atoms with E-state index in [2.05, 4.69) is 85.6 Å². The lowest BCUT2D eigenvalue weighted by molar-refractivity contribution is 0.647. The second-order valence-corrected chi connectivity index (χ2v) is 8.47. The first-order valence-electron chi connectivity index (χ1n) is 10.1. The minimum atomic E-state index is -0.00564. The summed E-state index contributed by atoms with van der Waals surface area (Å²) >= 11 is 0. The molecule has 1 aliphatic rings. The maximum atomic E-state index is 12.4. The monoisotopic (exact) mass is 372 g/mol. The quantitative estimate of drug-likeness (QED) is 0.621.